The molecule has 0 aromatic carbocycles. The van der Waals surface area contributed by atoms with E-state index in [4.69, 9.17) is 4.18 Å². The Labute approximate surface area is 84.9 Å². The second-order valence-electron chi connectivity index (χ2n) is 3.45. The molecule has 1 aliphatic heterocycles. The Morgan fingerprint density at radius 3 is 2.62 bits per heavy atom. The van der Waals surface area contributed by atoms with E-state index in [0.29, 0.717) is 6.04 Å². The summed E-state index contributed by atoms with van der Waals surface area (Å²) in [6.07, 6.45) is 2.43. The zero-order chi connectivity index (χ0) is 9.68. The van der Waals surface area contributed by atoms with Gasteiger partial charge in [-0.3, -0.25) is 0 Å². The topological polar surface area (TPSA) is 27.7 Å². The molecule has 0 bridgehead atoms. The molecule has 0 spiro atoms. The lowest BCUT2D eigenvalue weighted by atomic mass is 10.1. The summed E-state index contributed by atoms with van der Waals surface area (Å²) in [5.74, 6) is 0. The van der Waals surface area contributed by atoms with Gasteiger partial charge in [0.2, 0.25) is 0 Å². The normalized spacial score (nSPS) is 21.2. The Bertz CT molecular complexity index is 139. The van der Waals surface area contributed by atoms with E-state index >= 15 is 0 Å². The first-order valence-corrected chi connectivity index (χ1v) is 5.31. The van der Waals surface area contributed by atoms with Crippen LogP contribution in [0.25, 0.3) is 0 Å². The highest BCUT2D eigenvalue weighted by Crippen LogP contribution is 2.11. The molecule has 1 rings (SSSR count). The Balaban J connectivity index is 2.14. The second kappa shape index (κ2) is 5.82. The van der Waals surface area contributed by atoms with Crippen molar-refractivity contribution in [3.8, 4) is 0 Å². The Morgan fingerprint density at radius 1 is 1.46 bits per heavy atom. The minimum Gasteiger partial charge on any atom is -0.306 e. The van der Waals surface area contributed by atoms with Crippen molar-refractivity contribution in [1.82, 2.24) is 14.7 Å². The minimum absolute atomic E-state index is 0.601. The number of nitrogens with zero attached hydrogens (tertiary/aromatic N) is 2. The van der Waals surface area contributed by atoms with Gasteiger partial charge >= 0.3 is 0 Å². The molecule has 1 saturated heterocycles. The average molecular weight is 205 g/mol. The molecule has 0 aromatic heterocycles. The van der Waals surface area contributed by atoms with Gasteiger partial charge in [0.1, 0.15) is 0 Å². The molecule has 1 N–H and O–H groups in total. The number of likely N-dealkylation sites (tertiary alicyclic amines) is 1. The Morgan fingerprint density at radius 2 is 2.08 bits per heavy atom. The lowest BCUT2D eigenvalue weighted by molar-refractivity contribution is 0.196. The van der Waals surface area contributed by atoms with E-state index in [1.54, 1.807) is 7.11 Å². The monoisotopic (exact) mass is 205 g/mol. The fraction of sp³-hybridized carbons (Fsp3) is 1.00. The molecule has 4 nitrogen and oxygen atoms in total. The van der Waals surface area contributed by atoms with Gasteiger partial charge in [-0.1, -0.05) is 0 Å². The Kier molecular flexibility index (Phi) is 5.05. The van der Waals surface area contributed by atoms with Crippen molar-refractivity contribution in [2.45, 2.75) is 18.9 Å². The quantitative estimate of drug-likeness (QED) is 0.415. The molecular weight excluding hydrogens is 186 g/mol. The molecule has 13 heavy (non-hydrogen) atoms. The van der Waals surface area contributed by atoms with Crippen LogP contribution in [0.4, 0.5) is 0 Å². The molecular formula is C8H19N3OS. The molecule has 78 valence electrons. The van der Waals surface area contributed by atoms with E-state index in [9.17, 15) is 0 Å². The molecule has 0 amide bonds. The highest BCUT2D eigenvalue weighted by Gasteiger charge is 2.17. The van der Waals surface area contributed by atoms with Crippen molar-refractivity contribution in [2.75, 3.05) is 34.3 Å². The van der Waals surface area contributed by atoms with Gasteiger partial charge in [-0.15, -0.1) is 0 Å². The smallest absolute Gasteiger partial charge is 0.0968 e. The van der Waals surface area contributed by atoms with Crippen LogP contribution >= 0.6 is 12.2 Å². The number of nitrogens with one attached hydrogen (secondary N) is 1. The molecule has 0 radical (unpaired) electrons. The number of hydrogen-bond acceptors (Lipinski definition) is 5. The van der Waals surface area contributed by atoms with Gasteiger partial charge in [0, 0.05) is 13.1 Å². The third-order valence-electron chi connectivity index (χ3n) is 2.27. The maximum atomic E-state index is 4.94. The highest BCUT2D eigenvalue weighted by atomic mass is 32.2. The van der Waals surface area contributed by atoms with Crippen molar-refractivity contribution in [3.05, 3.63) is 0 Å². The van der Waals surface area contributed by atoms with Crippen molar-refractivity contribution < 1.29 is 4.18 Å². The molecule has 1 heterocycles. The van der Waals surface area contributed by atoms with Crippen molar-refractivity contribution >= 4 is 12.2 Å². The summed E-state index contributed by atoms with van der Waals surface area (Å²) in [5, 5.41) is 0. The van der Waals surface area contributed by atoms with Gasteiger partial charge in [-0.2, -0.15) is 4.41 Å². The van der Waals surface area contributed by atoms with Crippen LogP contribution < -0.4 is 5.43 Å². The first kappa shape index (κ1) is 11.3. The van der Waals surface area contributed by atoms with Crippen molar-refractivity contribution in [3.63, 3.8) is 0 Å². The highest BCUT2D eigenvalue weighted by molar-refractivity contribution is 7.92. The van der Waals surface area contributed by atoms with Crippen LogP contribution in [-0.2, 0) is 4.18 Å². The van der Waals surface area contributed by atoms with Crippen LogP contribution in [0.15, 0.2) is 0 Å². The summed E-state index contributed by atoms with van der Waals surface area (Å²) in [4.78, 5) is 2.36. The third-order valence-corrected chi connectivity index (χ3v) is 2.75. The summed E-state index contributed by atoms with van der Waals surface area (Å²) >= 11 is 1.33. The van der Waals surface area contributed by atoms with Gasteiger partial charge in [0.05, 0.1) is 19.3 Å². The zero-order valence-corrected chi connectivity index (χ0v) is 9.43. The van der Waals surface area contributed by atoms with Crippen LogP contribution in [0.5, 0.6) is 0 Å². The van der Waals surface area contributed by atoms with Gasteiger partial charge in [-0.25, -0.2) is 5.43 Å². The fourth-order valence-corrected chi connectivity index (χ4v) is 1.94. The molecule has 0 atom stereocenters. The summed E-state index contributed by atoms with van der Waals surface area (Å²) in [7, 11) is 5.83. The Hall–Kier alpha value is 0.190. The van der Waals surface area contributed by atoms with Crippen molar-refractivity contribution in [1.29, 1.82) is 0 Å². The van der Waals surface area contributed by atoms with Gasteiger partial charge in [0.25, 0.3) is 0 Å². The maximum absolute atomic E-state index is 4.94. The van der Waals surface area contributed by atoms with Crippen LogP contribution in [0.3, 0.4) is 0 Å². The average Bonchev–Trinajstić information content (AvgIpc) is 2.09. The van der Waals surface area contributed by atoms with Crippen LogP contribution in [0.1, 0.15) is 12.8 Å². The number of piperidine rings is 1. The molecule has 0 aromatic rings. The first-order chi connectivity index (χ1) is 6.22. The zero-order valence-electron chi connectivity index (χ0n) is 8.62. The summed E-state index contributed by atoms with van der Waals surface area (Å²) < 4.78 is 6.86. The van der Waals surface area contributed by atoms with Crippen LogP contribution in [0.2, 0.25) is 0 Å². The van der Waals surface area contributed by atoms with Crippen LogP contribution in [0, 0.1) is 0 Å². The van der Waals surface area contributed by atoms with Gasteiger partial charge in [0.15, 0.2) is 0 Å². The summed E-state index contributed by atoms with van der Waals surface area (Å²) in [5.41, 5.74) is 3.38. The van der Waals surface area contributed by atoms with E-state index in [0.717, 1.165) is 0 Å². The van der Waals surface area contributed by atoms with Crippen molar-refractivity contribution in [2.24, 2.45) is 0 Å². The number of hydrogen-bond donors (Lipinski definition) is 1. The van der Waals surface area contributed by atoms with E-state index in [1.807, 2.05) is 11.5 Å². The van der Waals surface area contributed by atoms with Gasteiger partial charge in [-0.05, 0) is 33.0 Å². The third kappa shape index (κ3) is 4.28. The SMILES string of the molecule is COSN(C)NC1CCN(C)CC1. The largest absolute Gasteiger partial charge is 0.306 e. The molecule has 1 fully saturated rings. The second-order valence-corrected chi connectivity index (χ2v) is 4.48. The molecule has 0 aliphatic carbocycles. The molecule has 0 unspecified atom stereocenters. The maximum Gasteiger partial charge on any atom is 0.0968 e. The standard InChI is InChI=1S/C8H19N3OS/c1-10-6-4-8(5-7-10)9-11(2)13-12-3/h8-9H,4-7H2,1-3H3. The van der Waals surface area contributed by atoms with Crippen LogP contribution in [-0.4, -0.2) is 49.7 Å². The molecule has 1 aliphatic rings. The lowest BCUT2D eigenvalue weighted by Crippen LogP contribution is -2.45. The number of rotatable bonds is 4. The number of hydrazine groups is 1. The minimum atomic E-state index is 0.601. The summed E-state index contributed by atoms with van der Waals surface area (Å²) in [6.45, 7) is 2.37. The predicted molar refractivity (Wildman–Crippen MR) is 56.0 cm³/mol. The fourth-order valence-electron chi connectivity index (χ4n) is 1.53. The molecule has 5 heteroatoms. The predicted octanol–water partition coefficient (Wildman–Crippen LogP) is 0.727. The molecule has 0 saturated carbocycles. The van der Waals surface area contributed by atoms with E-state index in [2.05, 4.69) is 17.4 Å². The lowest BCUT2D eigenvalue weighted by Gasteiger charge is -2.31. The first-order valence-electron chi connectivity index (χ1n) is 4.61. The summed E-state index contributed by atoms with van der Waals surface area (Å²) in [6, 6.07) is 0.601. The van der Waals surface area contributed by atoms with E-state index in [-0.39, 0.29) is 0 Å². The van der Waals surface area contributed by atoms with E-state index in [1.165, 1.54) is 38.2 Å². The van der Waals surface area contributed by atoms with E-state index < -0.39 is 0 Å². The van der Waals surface area contributed by atoms with Gasteiger partial charge < -0.3 is 9.08 Å².